The van der Waals surface area contributed by atoms with Crippen molar-refractivity contribution in [2.45, 2.75) is 38.8 Å². The summed E-state index contributed by atoms with van der Waals surface area (Å²) in [6.45, 7) is 2.66. The van der Waals surface area contributed by atoms with Crippen LogP contribution in [0.3, 0.4) is 0 Å². The summed E-state index contributed by atoms with van der Waals surface area (Å²) in [5.74, 6) is 0. The Labute approximate surface area is 103 Å². The quantitative estimate of drug-likeness (QED) is 0.833. The van der Waals surface area contributed by atoms with E-state index in [2.05, 4.69) is 9.72 Å². The molecule has 1 aromatic heterocycles. The highest BCUT2D eigenvalue weighted by atomic mass is 19.4. The average Bonchev–Trinajstić information content (AvgIpc) is 2.74. The Balaban J connectivity index is 0.000000280. The van der Waals surface area contributed by atoms with Gasteiger partial charge in [0.25, 0.3) is 6.47 Å². The minimum absolute atomic E-state index is 0.431. The van der Waals surface area contributed by atoms with Gasteiger partial charge in [-0.15, -0.1) is 0 Å². The Morgan fingerprint density at radius 1 is 1.39 bits per heavy atom. The molecule has 0 radical (unpaired) electrons. The molecule has 1 heterocycles. The Kier molecular flexibility index (Phi) is 5.25. The summed E-state index contributed by atoms with van der Waals surface area (Å²) in [6.07, 6.45) is 0.0786. The number of hydrogen-bond acceptors (Lipinski definition) is 2. The highest BCUT2D eigenvalue weighted by Gasteiger charge is 2.35. The Bertz CT molecular complexity index is 385. The first-order chi connectivity index (χ1) is 8.50. The number of carbonyl (C=O) groups excluding carboxylic acids is 1. The van der Waals surface area contributed by atoms with Gasteiger partial charge < -0.3 is 9.72 Å². The third kappa shape index (κ3) is 3.78. The predicted octanol–water partition coefficient (Wildman–Crippen LogP) is 3.09. The molecule has 1 aromatic rings. The van der Waals surface area contributed by atoms with Gasteiger partial charge >= 0.3 is 6.18 Å². The molecule has 0 amide bonds. The van der Waals surface area contributed by atoms with Crippen LogP contribution < -0.4 is 0 Å². The number of ether oxygens (including phenoxy) is 1. The maximum Gasteiger partial charge on any atom is 0.418 e. The minimum Gasteiger partial charge on any atom is -0.468 e. The van der Waals surface area contributed by atoms with Crippen LogP contribution in [-0.4, -0.2) is 18.1 Å². The van der Waals surface area contributed by atoms with Crippen LogP contribution in [0.1, 0.15) is 36.6 Å². The number of aryl methyl sites for hydroxylation is 1. The zero-order valence-electron chi connectivity index (χ0n) is 10.1. The SMILES string of the molecule is CCOC=O.FC(F)(F)c1c[nH]c2c1CCCC2. The number of halogens is 3. The lowest BCUT2D eigenvalue weighted by molar-refractivity contribution is -0.138. The second-order valence-corrected chi connectivity index (χ2v) is 3.92. The maximum absolute atomic E-state index is 12.4. The van der Waals surface area contributed by atoms with Gasteiger partial charge in [-0.25, -0.2) is 0 Å². The Morgan fingerprint density at radius 3 is 2.56 bits per heavy atom. The molecule has 0 aromatic carbocycles. The van der Waals surface area contributed by atoms with Gasteiger partial charge in [0.1, 0.15) is 0 Å². The van der Waals surface area contributed by atoms with Crippen molar-refractivity contribution in [2.75, 3.05) is 6.61 Å². The zero-order valence-corrected chi connectivity index (χ0v) is 10.1. The van der Waals surface area contributed by atoms with Gasteiger partial charge in [0, 0.05) is 11.9 Å². The maximum atomic E-state index is 12.4. The van der Waals surface area contributed by atoms with Crippen molar-refractivity contribution < 1.29 is 22.7 Å². The molecule has 18 heavy (non-hydrogen) atoms. The van der Waals surface area contributed by atoms with Crippen molar-refractivity contribution in [1.29, 1.82) is 0 Å². The monoisotopic (exact) mass is 263 g/mol. The molecule has 0 unspecified atom stereocenters. The first-order valence-electron chi connectivity index (χ1n) is 5.82. The van der Waals surface area contributed by atoms with Crippen LogP contribution in [0.15, 0.2) is 6.20 Å². The standard InChI is InChI=1S/C9H10F3N.C3H6O2/c10-9(11,12)7-5-13-8-4-2-1-3-6(7)8;1-2-5-3-4/h5,13H,1-4H2;3H,2H2,1H3. The van der Waals surface area contributed by atoms with Crippen LogP contribution in [0.5, 0.6) is 0 Å². The summed E-state index contributed by atoms with van der Waals surface area (Å²) in [4.78, 5) is 11.9. The minimum atomic E-state index is -4.19. The molecule has 6 heteroatoms. The van der Waals surface area contributed by atoms with Crippen molar-refractivity contribution in [3.8, 4) is 0 Å². The second-order valence-electron chi connectivity index (χ2n) is 3.92. The highest BCUT2D eigenvalue weighted by Crippen LogP contribution is 2.36. The number of carbonyl (C=O) groups is 1. The van der Waals surface area contributed by atoms with Crippen LogP contribution in [-0.2, 0) is 28.5 Å². The molecule has 0 spiro atoms. The molecule has 0 aliphatic heterocycles. The van der Waals surface area contributed by atoms with E-state index in [0.717, 1.165) is 31.2 Å². The molecule has 1 aliphatic carbocycles. The number of H-pyrrole nitrogens is 1. The molecule has 0 fully saturated rings. The van der Waals surface area contributed by atoms with E-state index in [1.165, 1.54) is 0 Å². The first kappa shape index (κ1) is 14.6. The van der Waals surface area contributed by atoms with Crippen LogP contribution in [0, 0.1) is 0 Å². The smallest absolute Gasteiger partial charge is 0.418 e. The summed E-state index contributed by atoms with van der Waals surface area (Å²) in [5.41, 5.74) is 0.791. The van der Waals surface area contributed by atoms with Crippen molar-refractivity contribution in [3.63, 3.8) is 0 Å². The van der Waals surface area contributed by atoms with E-state index >= 15 is 0 Å². The van der Waals surface area contributed by atoms with Gasteiger partial charge in [0.15, 0.2) is 0 Å². The van der Waals surface area contributed by atoms with Crippen molar-refractivity contribution in [1.82, 2.24) is 4.98 Å². The lowest BCUT2D eigenvalue weighted by Crippen LogP contribution is -2.10. The van der Waals surface area contributed by atoms with E-state index in [9.17, 15) is 18.0 Å². The van der Waals surface area contributed by atoms with Crippen LogP contribution >= 0.6 is 0 Å². The normalized spacial score (nSPS) is 14.2. The third-order valence-electron chi connectivity index (χ3n) is 2.72. The van der Waals surface area contributed by atoms with Gasteiger partial charge in [-0.1, -0.05) is 0 Å². The Morgan fingerprint density at radius 2 is 2.06 bits per heavy atom. The molecule has 3 nitrogen and oxygen atoms in total. The Hall–Kier alpha value is -1.46. The molecule has 0 saturated heterocycles. The van der Waals surface area contributed by atoms with E-state index in [1.54, 1.807) is 6.92 Å². The van der Waals surface area contributed by atoms with Gasteiger partial charge in [0.05, 0.1) is 12.2 Å². The van der Waals surface area contributed by atoms with Gasteiger partial charge in [-0.05, 0) is 38.2 Å². The predicted molar refractivity (Wildman–Crippen MR) is 60.1 cm³/mol. The lowest BCUT2D eigenvalue weighted by Gasteiger charge is -2.13. The molecule has 102 valence electrons. The van der Waals surface area contributed by atoms with E-state index in [1.807, 2.05) is 0 Å². The number of rotatable bonds is 2. The fourth-order valence-electron chi connectivity index (χ4n) is 1.93. The number of fused-ring (bicyclic) bond motifs is 1. The van der Waals surface area contributed by atoms with E-state index in [0.29, 0.717) is 25.1 Å². The van der Waals surface area contributed by atoms with E-state index < -0.39 is 11.7 Å². The van der Waals surface area contributed by atoms with Gasteiger partial charge in [-0.3, -0.25) is 4.79 Å². The molecule has 0 atom stereocenters. The van der Waals surface area contributed by atoms with Crippen molar-refractivity contribution in [2.24, 2.45) is 0 Å². The van der Waals surface area contributed by atoms with Crippen LogP contribution in [0.4, 0.5) is 13.2 Å². The molecular weight excluding hydrogens is 247 g/mol. The van der Waals surface area contributed by atoms with E-state index in [4.69, 9.17) is 0 Å². The number of alkyl halides is 3. The fourth-order valence-corrected chi connectivity index (χ4v) is 1.93. The number of nitrogens with one attached hydrogen (secondary N) is 1. The topological polar surface area (TPSA) is 42.1 Å². The highest BCUT2D eigenvalue weighted by molar-refractivity contribution is 5.36. The number of aromatic amines is 1. The molecule has 1 aliphatic rings. The van der Waals surface area contributed by atoms with Gasteiger partial charge in [-0.2, -0.15) is 13.2 Å². The van der Waals surface area contributed by atoms with Crippen LogP contribution in [0.25, 0.3) is 0 Å². The third-order valence-corrected chi connectivity index (χ3v) is 2.72. The van der Waals surface area contributed by atoms with Gasteiger partial charge in [0.2, 0.25) is 0 Å². The van der Waals surface area contributed by atoms with Crippen molar-refractivity contribution >= 4 is 6.47 Å². The second kappa shape index (κ2) is 6.47. The molecule has 1 N–H and O–H groups in total. The largest absolute Gasteiger partial charge is 0.468 e. The average molecular weight is 263 g/mol. The molecule has 0 saturated carbocycles. The summed E-state index contributed by atoms with van der Waals surface area (Å²) in [6, 6.07) is 0. The molecule has 2 rings (SSSR count). The van der Waals surface area contributed by atoms with Crippen LogP contribution in [0.2, 0.25) is 0 Å². The molecule has 0 bridgehead atoms. The lowest BCUT2D eigenvalue weighted by atomic mass is 9.95. The summed E-state index contributed by atoms with van der Waals surface area (Å²) in [5, 5.41) is 0. The summed E-state index contributed by atoms with van der Waals surface area (Å²) >= 11 is 0. The summed E-state index contributed by atoms with van der Waals surface area (Å²) < 4.78 is 41.3. The number of aromatic nitrogens is 1. The fraction of sp³-hybridized carbons (Fsp3) is 0.583. The summed E-state index contributed by atoms with van der Waals surface area (Å²) in [7, 11) is 0. The molecular formula is C12H16F3NO2. The van der Waals surface area contributed by atoms with Crippen molar-refractivity contribution in [3.05, 3.63) is 23.0 Å². The zero-order chi connectivity index (χ0) is 13.6. The number of hydrogen-bond donors (Lipinski definition) is 1. The first-order valence-corrected chi connectivity index (χ1v) is 5.82. The van der Waals surface area contributed by atoms with E-state index in [-0.39, 0.29) is 0 Å².